The Hall–Kier alpha value is -4.12. The lowest BCUT2D eigenvalue weighted by Crippen LogP contribution is -2.15. The first kappa shape index (κ1) is 29.4. The first-order valence-corrected chi connectivity index (χ1v) is 9.60. The lowest BCUT2D eigenvalue weighted by atomic mass is 10.1. The number of alkyl halides is 9. The van der Waals surface area contributed by atoms with E-state index >= 15 is 0 Å². The molecular formula is C21H8F14N2O2. The topological polar surface area (TPSA) is 70.5 Å². The van der Waals surface area contributed by atoms with Crippen LogP contribution in [0.15, 0.2) is 24.3 Å². The van der Waals surface area contributed by atoms with Gasteiger partial charge in [-0.25, -0.2) is 22.0 Å². The van der Waals surface area contributed by atoms with Crippen LogP contribution < -0.4 is 20.9 Å². The van der Waals surface area contributed by atoms with Gasteiger partial charge in [0.05, 0.1) is 11.4 Å². The van der Waals surface area contributed by atoms with E-state index in [0.29, 0.717) is 0 Å². The summed E-state index contributed by atoms with van der Waals surface area (Å²) < 4.78 is 200. The smallest absolute Gasteiger partial charge is 0.422 e. The van der Waals surface area contributed by atoms with E-state index in [0.717, 1.165) is 0 Å². The van der Waals surface area contributed by atoms with Crippen molar-refractivity contribution in [1.29, 1.82) is 0 Å². The fourth-order valence-electron chi connectivity index (χ4n) is 3.10. The summed E-state index contributed by atoms with van der Waals surface area (Å²) in [6, 6.07) is -1.27. The highest BCUT2D eigenvalue weighted by atomic mass is 19.4. The zero-order chi connectivity index (χ0) is 29.8. The first-order valence-electron chi connectivity index (χ1n) is 9.60. The molecule has 0 spiro atoms. The van der Waals surface area contributed by atoms with Gasteiger partial charge in [0.1, 0.15) is 34.1 Å². The number of hydrogen-bond acceptors (Lipinski definition) is 4. The monoisotopic (exact) mass is 586 g/mol. The average molecular weight is 586 g/mol. The maximum absolute atomic E-state index is 14.5. The van der Waals surface area contributed by atoms with Gasteiger partial charge in [0.2, 0.25) is 0 Å². The van der Waals surface area contributed by atoms with Crippen LogP contribution in [0, 0.1) is 29.1 Å². The second-order valence-electron chi connectivity index (χ2n) is 7.41. The van der Waals surface area contributed by atoms with Gasteiger partial charge in [-0.05, 0) is 6.07 Å². The van der Waals surface area contributed by atoms with E-state index in [1.54, 1.807) is 0 Å². The summed E-state index contributed by atoms with van der Waals surface area (Å²) in [5, 5.41) is 0. The van der Waals surface area contributed by atoms with Crippen molar-refractivity contribution < 1.29 is 70.9 Å². The van der Waals surface area contributed by atoms with Crippen LogP contribution in [-0.2, 0) is 18.5 Å². The van der Waals surface area contributed by atoms with Crippen LogP contribution in [0.3, 0.4) is 0 Å². The second-order valence-corrected chi connectivity index (χ2v) is 7.41. The highest BCUT2D eigenvalue weighted by Crippen LogP contribution is 2.49. The molecule has 0 saturated carbocycles. The van der Waals surface area contributed by atoms with Crippen LogP contribution in [0.25, 0.3) is 0 Å². The Balaban J connectivity index is 2.31. The van der Waals surface area contributed by atoms with E-state index in [-0.39, 0.29) is 18.2 Å². The third-order valence-electron chi connectivity index (χ3n) is 4.73. The van der Waals surface area contributed by atoms with Crippen LogP contribution in [-0.4, -0.2) is 0 Å². The minimum absolute atomic E-state index is 0.140. The predicted octanol–water partition coefficient (Wildman–Crippen LogP) is 8.19. The Labute approximate surface area is 206 Å². The average Bonchev–Trinajstić information content (AvgIpc) is 2.74. The maximum atomic E-state index is 14.5. The molecule has 3 aromatic rings. The fourth-order valence-corrected chi connectivity index (χ4v) is 3.10. The summed E-state index contributed by atoms with van der Waals surface area (Å²) >= 11 is 0. The SMILES string of the molecule is Nc1cc(F)c(C(F)(F)F)c(Oc2cc(Oc3c(F)c(N)cc(F)c3C(F)(F)F)c(C(F)(F)F)cc2F)c1F. The van der Waals surface area contributed by atoms with Crippen molar-refractivity contribution in [3.05, 3.63) is 70.0 Å². The molecule has 4 N–H and O–H groups in total. The number of anilines is 2. The van der Waals surface area contributed by atoms with Gasteiger partial charge >= 0.3 is 18.5 Å². The van der Waals surface area contributed by atoms with Crippen molar-refractivity contribution in [2.75, 3.05) is 11.5 Å². The number of halogens is 14. The van der Waals surface area contributed by atoms with E-state index in [2.05, 4.69) is 9.47 Å². The van der Waals surface area contributed by atoms with Gasteiger partial charge < -0.3 is 20.9 Å². The molecule has 0 aromatic heterocycles. The minimum atomic E-state index is -5.81. The van der Waals surface area contributed by atoms with Gasteiger partial charge in [-0.1, -0.05) is 0 Å². The van der Waals surface area contributed by atoms with Crippen molar-refractivity contribution in [3.63, 3.8) is 0 Å². The number of ether oxygens (including phenoxy) is 2. The molecule has 3 rings (SSSR count). The highest BCUT2D eigenvalue weighted by molar-refractivity contribution is 5.57. The molecule has 0 aliphatic carbocycles. The molecule has 0 fully saturated rings. The van der Waals surface area contributed by atoms with Crippen LogP contribution in [0.2, 0.25) is 0 Å². The molecule has 0 amide bonds. The molecule has 18 heteroatoms. The lowest BCUT2D eigenvalue weighted by molar-refractivity contribution is -0.142. The zero-order valence-electron chi connectivity index (χ0n) is 18.1. The first-order chi connectivity index (χ1) is 17.6. The molecule has 0 heterocycles. The fraction of sp³-hybridized carbons (Fsp3) is 0.143. The van der Waals surface area contributed by atoms with Crippen molar-refractivity contribution in [3.8, 4) is 23.0 Å². The summed E-state index contributed by atoms with van der Waals surface area (Å²) in [5.41, 5.74) is -0.122. The highest BCUT2D eigenvalue weighted by Gasteiger charge is 2.44. The third-order valence-corrected chi connectivity index (χ3v) is 4.73. The Bertz CT molecular complexity index is 1450. The van der Waals surface area contributed by atoms with Crippen molar-refractivity contribution in [2.24, 2.45) is 0 Å². The number of hydrogen-bond donors (Lipinski definition) is 2. The normalized spacial score (nSPS) is 12.6. The van der Waals surface area contributed by atoms with Crippen LogP contribution >= 0.6 is 0 Å². The summed E-state index contributed by atoms with van der Waals surface area (Å²) in [7, 11) is 0. The molecule has 0 aliphatic rings. The second kappa shape index (κ2) is 9.57. The standard InChI is InChI=1S/C21H8F14N2O2/c22-6-1-5(19(27,28)29)11(38-17-13(20(30,31)32)7(23)2-9(36)15(17)25)4-12(6)39-18-14(21(33,34)35)8(24)3-10(37)16(18)26/h1-4H,36-37H2. The summed E-state index contributed by atoms with van der Waals surface area (Å²) in [5.74, 6) is -19.4. The van der Waals surface area contributed by atoms with Gasteiger partial charge in [0, 0.05) is 18.2 Å². The molecule has 0 bridgehead atoms. The Morgan fingerprint density at radius 1 is 0.487 bits per heavy atom. The van der Waals surface area contributed by atoms with Crippen LogP contribution in [0.1, 0.15) is 16.7 Å². The summed E-state index contributed by atoms with van der Waals surface area (Å²) in [6.07, 6.45) is -17.3. The van der Waals surface area contributed by atoms with Gasteiger partial charge in [-0.15, -0.1) is 0 Å². The van der Waals surface area contributed by atoms with Crippen molar-refractivity contribution in [1.82, 2.24) is 0 Å². The van der Waals surface area contributed by atoms with Gasteiger partial charge in [-0.3, -0.25) is 0 Å². The molecule has 0 saturated heterocycles. The molecule has 0 aliphatic heterocycles. The number of rotatable bonds is 4. The van der Waals surface area contributed by atoms with Crippen molar-refractivity contribution in [2.45, 2.75) is 18.5 Å². The van der Waals surface area contributed by atoms with E-state index in [1.807, 2.05) is 0 Å². The quantitative estimate of drug-likeness (QED) is 0.239. The maximum Gasteiger partial charge on any atom is 0.422 e. The van der Waals surface area contributed by atoms with Crippen LogP contribution in [0.4, 0.5) is 72.8 Å². The summed E-state index contributed by atoms with van der Waals surface area (Å²) in [4.78, 5) is 0. The molecular weight excluding hydrogens is 578 g/mol. The largest absolute Gasteiger partial charge is 0.453 e. The van der Waals surface area contributed by atoms with Gasteiger partial charge in [-0.2, -0.15) is 39.5 Å². The van der Waals surface area contributed by atoms with E-state index in [4.69, 9.17) is 11.5 Å². The predicted molar refractivity (Wildman–Crippen MR) is 103 cm³/mol. The van der Waals surface area contributed by atoms with Gasteiger partial charge in [0.15, 0.2) is 34.7 Å². The zero-order valence-corrected chi connectivity index (χ0v) is 18.1. The molecule has 212 valence electrons. The number of nitrogens with two attached hydrogens (primary N) is 2. The molecule has 0 radical (unpaired) electrons. The van der Waals surface area contributed by atoms with Crippen molar-refractivity contribution >= 4 is 11.4 Å². The number of benzene rings is 3. The summed E-state index contributed by atoms with van der Waals surface area (Å²) in [6.45, 7) is 0. The van der Waals surface area contributed by atoms with Crippen LogP contribution in [0.5, 0.6) is 23.0 Å². The molecule has 0 unspecified atom stereocenters. The van der Waals surface area contributed by atoms with E-state index in [9.17, 15) is 61.5 Å². The Morgan fingerprint density at radius 2 is 0.872 bits per heavy atom. The molecule has 39 heavy (non-hydrogen) atoms. The molecule has 4 nitrogen and oxygen atoms in total. The Kier molecular flexibility index (Phi) is 7.22. The van der Waals surface area contributed by atoms with E-state index in [1.165, 1.54) is 0 Å². The van der Waals surface area contributed by atoms with Gasteiger partial charge in [0.25, 0.3) is 0 Å². The molecule has 0 atom stereocenters. The van der Waals surface area contributed by atoms with E-state index < -0.39 is 105 Å². The lowest BCUT2D eigenvalue weighted by Gasteiger charge is -2.21. The minimum Gasteiger partial charge on any atom is -0.453 e. The Morgan fingerprint density at radius 3 is 1.23 bits per heavy atom. The molecule has 3 aromatic carbocycles. The number of nitrogen functional groups attached to an aromatic ring is 2. The third kappa shape index (κ3) is 5.68.